The van der Waals surface area contributed by atoms with E-state index in [9.17, 15) is 0 Å². The summed E-state index contributed by atoms with van der Waals surface area (Å²) < 4.78 is 8.15. The minimum Gasteiger partial charge on any atom is -0.496 e. The molecule has 6 heteroatoms. The van der Waals surface area contributed by atoms with Crippen LogP contribution in [-0.4, -0.2) is 16.7 Å². The Labute approximate surface area is 140 Å². The van der Waals surface area contributed by atoms with Gasteiger partial charge in [-0.15, -0.1) is 11.6 Å². The van der Waals surface area contributed by atoms with Gasteiger partial charge in [-0.1, -0.05) is 11.6 Å². The number of aromatic nitrogens is 2. The van der Waals surface area contributed by atoms with Gasteiger partial charge in [0, 0.05) is 10.7 Å². The highest BCUT2D eigenvalue weighted by molar-refractivity contribution is 9.10. The minimum atomic E-state index is 0.315. The molecule has 0 aliphatic rings. The van der Waals surface area contributed by atoms with Crippen LogP contribution in [0.15, 0.2) is 40.9 Å². The monoisotopic (exact) mass is 384 g/mol. The number of hydrogen-bond donors (Lipinski definition) is 0. The number of alkyl halides is 1. The fourth-order valence-corrected chi connectivity index (χ4v) is 3.15. The number of ether oxygens (including phenoxy) is 1. The summed E-state index contributed by atoms with van der Waals surface area (Å²) in [6, 6.07) is 11.5. The Morgan fingerprint density at radius 2 is 2.05 bits per heavy atom. The Kier molecular flexibility index (Phi) is 4.11. The van der Waals surface area contributed by atoms with Crippen LogP contribution in [0.5, 0.6) is 5.75 Å². The highest BCUT2D eigenvalue weighted by Crippen LogP contribution is 2.30. The second-order valence-electron chi connectivity index (χ2n) is 4.45. The first-order chi connectivity index (χ1) is 10.1. The summed E-state index contributed by atoms with van der Waals surface area (Å²) in [5.74, 6) is 1.86. The SMILES string of the molecule is COc1ccc(-n2c(CCl)nc3cc(Cl)ccc32)cc1Br. The zero-order valence-electron chi connectivity index (χ0n) is 11.1. The molecule has 0 aliphatic carbocycles. The second kappa shape index (κ2) is 5.87. The van der Waals surface area contributed by atoms with Gasteiger partial charge in [-0.3, -0.25) is 4.57 Å². The van der Waals surface area contributed by atoms with Crippen LogP contribution in [-0.2, 0) is 5.88 Å². The van der Waals surface area contributed by atoms with Crippen molar-refractivity contribution in [2.75, 3.05) is 7.11 Å². The van der Waals surface area contributed by atoms with Crippen molar-refractivity contribution in [1.82, 2.24) is 9.55 Å². The van der Waals surface area contributed by atoms with Gasteiger partial charge in [0.2, 0.25) is 0 Å². The van der Waals surface area contributed by atoms with E-state index in [-0.39, 0.29) is 0 Å². The topological polar surface area (TPSA) is 27.1 Å². The van der Waals surface area contributed by atoms with Crippen LogP contribution in [0.4, 0.5) is 0 Å². The Hall–Kier alpha value is -1.23. The molecule has 0 spiro atoms. The maximum absolute atomic E-state index is 6.04. The number of methoxy groups -OCH3 is 1. The van der Waals surface area contributed by atoms with E-state index < -0.39 is 0 Å². The Bertz CT molecular complexity index is 817. The molecule has 3 aromatic rings. The third kappa shape index (κ3) is 2.63. The second-order valence-corrected chi connectivity index (χ2v) is 6.01. The first-order valence-corrected chi connectivity index (χ1v) is 7.91. The quantitative estimate of drug-likeness (QED) is 0.580. The van der Waals surface area contributed by atoms with Gasteiger partial charge in [0.05, 0.1) is 28.5 Å². The molecule has 0 N–H and O–H groups in total. The molecule has 0 fully saturated rings. The van der Waals surface area contributed by atoms with Gasteiger partial charge in [-0.25, -0.2) is 4.98 Å². The van der Waals surface area contributed by atoms with Crippen LogP contribution in [0.1, 0.15) is 5.82 Å². The lowest BCUT2D eigenvalue weighted by atomic mass is 10.2. The summed E-state index contributed by atoms with van der Waals surface area (Å²) in [7, 11) is 1.64. The summed E-state index contributed by atoms with van der Waals surface area (Å²) in [5, 5.41) is 0.657. The molecule has 3 rings (SSSR count). The van der Waals surface area contributed by atoms with E-state index in [4.69, 9.17) is 27.9 Å². The minimum absolute atomic E-state index is 0.315. The van der Waals surface area contributed by atoms with E-state index in [2.05, 4.69) is 20.9 Å². The molecule has 0 bridgehead atoms. The van der Waals surface area contributed by atoms with Crippen LogP contribution in [0.3, 0.4) is 0 Å². The standard InChI is InChI=1S/C15H11BrCl2N2O/c1-21-14-5-3-10(7-11(14)16)20-13-4-2-9(18)6-12(13)19-15(20)8-17/h2-7H,8H2,1H3. The van der Waals surface area contributed by atoms with Crippen LogP contribution in [0.2, 0.25) is 5.02 Å². The van der Waals surface area contributed by atoms with E-state index in [0.29, 0.717) is 10.9 Å². The molecule has 1 heterocycles. The summed E-state index contributed by atoms with van der Waals surface area (Å²) in [4.78, 5) is 4.54. The number of hydrogen-bond acceptors (Lipinski definition) is 2. The zero-order valence-corrected chi connectivity index (χ0v) is 14.2. The molecule has 3 nitrogen and oxygen atoms in total. The van der Waals surface area contributed by atoms with E-state index >= 15 is 0 Å². The molecule has 0 atom stereocenters. The number of nitrogens with zero attached hydrogens (tertiary/aromatic N) is 2. The van der Waals surface area contributed by atoms with Gasteiger partial charge in [0.25, 0.3) is 0 Å². The van der Waals surface area contributed by atoms with Gasteiger partial charge >= 0.3 is 0 Å². The molecule has 0 amide bonds. The molecular formula is C15H11BrCl2N2O. The van der Waals surface area contributed by atoms with Crippen molar-refractivity contribution in [2.24, 2.45) is 0 Å². The number of halogens is 3. The number of imidazole rings is 1. The predicted octanol–water partition coefficient (Wildman–Crippen LogP) is 5.19. The predicted molar refractivity (Wildman–Crippen MR) is 89.9 cm³/mol. The first kappa shape index (κ1) is 14.7. The molecular weight excluding hydrogens is 375 g/mol. The van der Waals surface area contributed by atoms with E-state index in [1.165, 1.54) is 0 Å². The number of rotatable bonds is 3. The summed E-state index contributed by atoms with van der Waals surface area (Å²) >= 11 is 15.6. The smallest absolute Gasteiger partial charge is 0.133 e. The molecule has 21 heavy (non-hydrogen) atoms. The van der Waals surface area contributed by atoms with Crippen molar-refractivity contribution >= 4 is 50.2 Å². The lowest BCUT2D eigenvalue weighted by Crippen LogP contribution is -1.99. The molecule has 0 radical (unpaired) electrons. The summed E-state index contributed by atoms with van der Waals surface area (Å²) in [5.41, 5.74) is 2.75. The van der Waals surface area contributed by atoms with Crippen LogP contribution < -0.4 is 4.74 Å². The maximum Gasteiger partial charge on any atom is 0.133 e. The van der Waals surface area contributed by atoms with E-state index in [1.54, 1.807) is 7.11 Å². The molecule has 0 unspecified atom stereocenters. The molecule has 1 aromatic heterocycles. The lowest BCUT2D eigenvalue weighted by molar-refractivity contribution is 0.412. The van der Waals surface area contributed by atoms with Gasteiger partial charge in [0.15, 0.2) is 0 Å². The fraction of sp³-hybridized carbons (Fsp3) is 0.133. The van der Waals surface area contributed by atoms with Crippen molar-refractivity contribution < 1.29 is 4.74 Å². The van der Waals surface area contributed by atoms with Crippen molar-refractivity contribution in [3.05, 3.63) is 51.7 Å². The van der Waals surface area contributed by atoms with Gasteiger partial charge < -0.3 is 4.74 Å². The van der Waals surface area contributed by atoms with Crippen LogP contribution >= 0.6 is 39.1 Å². The average Bonchev–Trinajstić information content (AvgIpc) is 2.84. The zero-order chi connectivity index (χ0) is 15.0. The summed E-state index contributed by atoms with van der Waals surface area (Å²) in [6.45, 7) is 0. The van der Waals surface area contributed by atoms with Gasteiger partial charge in [-0.05, 0) is 52.3 Å². The molecule has 108 valence electrons. The van der Waals surface area contributed by atoms with Crippen molar-refractivity contribution in [1.29, 1.82) is 0 Å². The van der Waals surface area contributed by atoms with E-state index in [1.807, 2.05) is 41.0 Å². The van der Waals surface area contributed by atoms with Crippen molar-refractivity contribution in [3.8, 4) is 11.4 Å². The first-order valence-electron chi connectivity index (χ1n) is 6.21. The molecule has 2 aromatic carbocycles. The Balaban J connectivity index is 2.25. The van der Waals surface area contributed by atoms with Crippen LogP contribution in [0.25, 0.3) is 16.7 Å². The van der Waals surface area contributed by atoms with Gasteiger partial charge in [-0.2, -0.15) is 0 Å². The van der Waals surface area contributed by atoms with Crippen molar-refractivity contribution in [2.45, 2.75) is 5.88 Å². The lowest BCUT2D eigenvalue weighted by Gasteiger charge is -2.10. The normalized spacial score (nSPS) is 11.0. The van der Waals surface area contributed by atoms with E-state index in [0.717, 1.165) is 32.8 Å². The van der Waals surface area contributed by atoms with Crippen LogP contribution in [0, 0.1) is 0 Å². The highest BCUT2D eigenvalue weighted by atomic mass is 79.9. The van der Waals surface area contributed by atoms with Crippen molar-refractivity contribution in [3.63, 3.8) is 0 Å². The van der Waals surface area contributed by atoms with Gasteiger partial charge in [0.1, 0.15) is 11.6 Å². The third-order valence-electron chi connectivity index (χ3n) is 3.20. The largest absolute Gasteiger partial charge is 0.496 e. The maximum atomic E-state index is 6.04. The Morgan fingerprint density at radius 1 is 1.24 bits per heavy atom. The number of benzene rings is 2. The molecule has 0 aliphatic heterocycles. The molecule has 0 saturated heterocycles. The fourth-order valence-electron chi connectivity index (χ4n) is 2.28. The molecule has 0 saturated carbocycles. The highest BCUT2D eigenvalue weighted by Gasteiger charge is 2.13. The number of fused-ring (bicyclic) bond motifs is 1. The summed E-state index contributed by atoms with van der Waals surface area (Å²) in [6.07, 6.45) is 0. The Morgan fingerprint density at radius 3 is 2.71 bits per heavy atom. The average molecular weight is 386 g/mol. The third-order valence-corrected chi connectivity index (χ3v) is 4.29.